The molecule has 6 nitrogen and oxygen atoms in total. The molecule has 0 spiro atoms. The number of para-hydroxylation sites is 1. The summed E-state index contributed by atoms with van der Waals surface area (Å²) < 4.78 is 7.78. The van der Waals surface area contributed by atoms with Gasteiger partial charge in [0.05, 0.1) is 12.6 Å². The number of furan rings is 1. The zero-order valence-electron chi connectivity index (χ0n) is 16.6. The van der Waals surface area contributed by atoms with Crippen molar-refractivity contribution in [2.75, 3.05) is 7.05 Å². The Hall–Kier alpha value is -3.54. The maximum Gasteiger partial charge on any atom is 0.318 e. The molecule has 4 aromatic rings. The van der Waals surface area contributed by atoms with Crippen molar-refractivity contribution in [2.24, 2.45) is 0 Å². The topological polar surface area (TPSA) is 63.3 Å². The Morgan fingerprint density at radius 2 is 1.90 bits per heavy atom. The molecule has 29 heavy (non-hydrogen) atoms. The Morgan fingerprint density at radius 3 is 2.66 bits per heavy atom. The lowest BCUT2D eigenvalue weighted by molar-refractivity contribution is 0.187. The van der Waals surface area contributed by atoms with Crippen molar-refractivity contribution in [3.63, 3.8) is 0 Å². The molecule has 1 atom stereocenters. The van der Waals surface area contributed by atoms with Gasteiger partial charge in [0.1, 0.15) is 11.3 Å². The Bertz CT molecular complexity index is 1070. The number of nitrogens with one attached hydrogen (secondary N) is 1. The average molecular weight is 388 g/mol. The SMILES string of the molecule is CC(c1cc2ccccc2o1)N(C)C(=O)NCc1ccccc1Cn1cccn1. The first-order chi connectivity index (χ1) is 14.1. The number of hydrogen-bond acceptors (Lipinski definition) is 3. The molecule has 0 bridgehead atoms. The number of urea groups is 1. The van der Waals surface area contributed by atoms with Crippen molar-refractivity contribution in [1.82, 2.24) is 20.0 Å². The minimum atomic E-state index is -0.179. The number of amides is 2. The third kappa shape index (κ3) is 4.16. The third-order valence-corrected chi connectivity index (χ3v) is 5.20. The Labute approximate surface area is 169 Å². The highest BCUT2D eigenvalue weighted by Gasteiger charge is 2.20. The van der Waals surface area contributed by atoms with Gasteiger partial charge in [-0.2, -0.15) is 5.10 Å². The lowest BCUT2D eigenvalue weighted by Gasteiger charge is -2.24. The molecule has 0 radical (unpaired) electrons. The van der Waals surface area contributed by atoms with Gasteiger partial charge in [0.25, 0.3) is 0 Å². The first kappa shape index (κ1) is 18.8. The van der Waals surface area contributed by atoms with Crippen LogP contribution in [0.4, 0.5) is 4.79 Å². The van der Waals surface area contributed by atoms with E-state index in [2.05, 4.69) is 16.5 Å². The summed E-state index contributed by atoms with van der Waals surface area (Å²) in [5.41, 5.74) is 3.03. The van der Waals surface area contributed by atoms with E-state index in [-0.39, 0.29) is 12.1 Å². The second-order valence-corrected chi connectivity index (χ2v) is 7.10. The number of carbonyl (C=O) groups excluding carboxylic acids is 1. The van der Waals surface area contributed by atoms with Gasteiger partial charge in [0.2, 0.25) is 0 Å². The fourth-order valence-electron chi connectivity index (χ4n) is 3.32. The number of nitrogens with zero attached hydrogens (tertiary/aromatic N) is 3. The molecule has 2 aromatic heterocycles. The van der Waals surface area contributed by atoms with Crippen LogP contribution in [0.25, 0.3) is 11.0 Å². The van der Waals surface area contributed by atoms with E-state index in [1.165, 1.54) is 0 Å². The van der Waals surface area contributed by atoms with E-state index in [4.69, 9.17) is 4.42 Å². The van der Waals surface area contributed by atoms with Crippen LogP contribution in [0.15, 0.2) is 77.5 Å². The number of hydrogen-bond donors (Lipinski definition) is 1. The van der Waals surface area contributed by atoms with Crippen molar-refractivity contribution in [1.29, 1.82) is 0 Å². The quantitative estimate of drug-likeness (QED) is 0.526. The van der Waals surface area contributed by atoms with E-state index in [0.29, 0.717) is 13.1 Å². The van der Waals surface area contributed by atoms with Gasteiger partial charge in [-0.25, -0.2) is 4.79 Å². The highest BCUT2D eigenvalue weighted by atomic mass is 16.3. The van der Waals surface area contributed by atoms with Gasteiger partial charge in [0, 0.05) is 31.4 Å². The molecule has 0 saturated carbocycles. The second kappa shape index (κ2) is 8.22. The molecule has 0 aliphatic heterocycles. The normalized spacial score (nSPS) is 12.1. The van der Waals surface area contributed by atoms with Gasteiger partial charge in [-0.1, -0.05) is 42.5 Å². The van der Waals surface area contributed by atoms with Crippen LogP contribution >= 0.6 is 0 Å². The van der Waals surface area contributed by atoms with E-state index in [9.17, 15) is 4.79 Å². The van der Waals surface area contributed by atoms with Gasteiger partial charge < -0.3 is 14.6 Å². The molecule has 148 valence electrons. The maximum atomic E-state index is 12.7. The van der Waals surface area contributed by atoms with Crippen molar-refractivity contribution >= 4 is 17.0 Å². The Balaban J connectivity index is 1.41. The molecule has 1 unspecified atom stereocenters. The minimum absolute atomic E-state index is 0.146. The predicted octanol–water partition coefficient (Wildman–Crippen LogP) is 4.58. The van der Waals surface area contributed by atoms with Crippen molar-refractivity contribution in [3.05, 3.63) is 89.9 Å². The van der Waals surface area contributed by atoms with E-state index in [1.54, 1.807) is 18.1 Å². The van der Waals surface area contributed by atoms with Crippen molar-refractivity contribution in [2.45, 2.75) is 26.1 Å². The van der Waals surface area contributed by atoms with Crippen molar-refractivity contribution < 1.29 is 9.21 Å². The monoisotopic (exact) mass is 388 g/mol. The molecule has 4 rings (SSSR count). The fourth-order valence-corrected chi connectivity index (χ4v) is 3.32. The summed E-state index contributed by atoms with van der Waals surface area (Å²) in [6.07, 6.45) is 3.69. The molecule has 0 aliphatic rings. The van der Waals surface area contributed by atoms with E-state index in [0.717, 1.165) is 27.9 Å². The largest absolute Gasteiger partial charge is 0.459 e. The molecular formula is C23H24N4O2. The van der Waals surface area contributed by atoms with Crippen LogP contribution in [0, 0.1) is 0 Å². The molecule has 2 aromatic carbocycles. The molecule has 0 saturated heterocycles. The second-order valence-electron chi connectivity index (χ2n) is 7.10. The molecule has 2 amide bonds. The molecule has 0 aliphatic carbocycles. The molecule has 6 heteroatoms. The van der Waals surface area contributed by atoms with Crippen LogP contribution in [0.5, 0.6) is 0 Å². The predicted molar refractivity (Wildman–Crippen MR) is 112 cm³/mol. The molecule has 1 N–H and O–H groups in total. The number of fused-ring (bicyclic) bond motifs is 1. The molecule has 0 fully saturated rings. The Kier molecular flexibility index (Phi) is 5.33. The lowest BCUT2D eigenvalue weighted by atomic mass is 10.1. The first-order valence-corrected chi connectivity index (χ1v) is 9.65. The van der Waals surface area contributed by atoms with Crippen LogP contribution in [-0.2, 0) is 13.1 Å². The summed E-state index contributed by atoms with van der Waals surface area (Å²) in [5, 5.41) is 8.32. The number of carbonyl (C=O) groups is 1. The molecule has 2 heterocycles. The highest BCUT2D eigenvalue weighted by molar-refractivity contribution is 5.78. The standard InChI is InChI=1S/C23H24N4O2/c1-17(22-14-18-8-5-6-11-21(18)29-22)26(2)23(28)24-15-19-9-3-4-10-20(19)16-27-13-7-12-25-27/h3-14,17H,15-16H2,1-2H3,(H,24,28). The van der Waals surface area contributed by atoms with Gasteiger partial charge in [-0.3, -0.25) is 4.68 Å². The summed E-state index contributed by atoms with van der Waals surface area (Å²) >= 11 is 0. The fraction of sp³-hybridized carbons (Fsp3) is 0.217. The highest BCUT2D eigenvalue weighted by Crippen LogP contribution is 2.26. The summed E-state index contributed by atoms with van der Waals surface area (Å²) in [6, 6.07) is 19.5. The van der Waals surface area contributed by atoms with Crippen LogP contribution in [0.2, 0.25) is 0 Å². The van der Waals surface area contributed by atoms with Crippen LogP contribution in [-0.4, -0.2) is 27.8 Å². The van der Waals surface area contributed by atoms with Crippen LogP contribution in [0.1, 0.15) is 29.9 Å². The van der Waals surface area contributed by atoms with Crippen molar-refractivity contribution in [3.8, 4) is 0 Å². The van der Waals surface area contributed by atoms with Crippen LogP contribution in [0.3, 0.4) is 0 Å². The van der Waals surface area contributed by atoms with Gasteiger partial charge in [-0.05, 0) is 36.2 Å². The minimum Gasteiger partial charge on any atom is -0.459 e. The van der Waals surface area contributed by atoms with Gasteiger partial charge in [-0.15, -0.1) is 0 Å². The molecular weight excluding hydrogens is 364 g/mol. The zero-order chi connectivity index (χ0) is 20.2. The average Bonchev–Trinajstić information content (AvgIpc) is 3.41. The third-order valence-electron chi connectivity index (χ3n) is 5.20. The smallest absolute Gasteiger partial charge is 0.318 e. The number of benzene rings is 2. The summed E-state index contributed by atoms with van der Waals surface area (Å²) in [6.45, 7) is 3.08. The van der Waals surface area contributed by atoms with Gasteiger partial charge in [0.15, 0.2) is 0 Å². The lowest BCUT2D eigenvalue weighted by Crippen LogP contribution is -2.38. The summed E-state index contributed by atoms with van der Waals surface area (Å²) in [4.78, 5) is 14.4. The number of aromatic nitrogens is 2. The maximum absolute atomic E-state index is 12.7. The zero-order valence-corrected chi connectivity index (χ0v) is 16.6. The Morgan fingerprint density at radius 1 is 1.14 bits per heavy atom. The number of rotatable bonds is 6. The first-order valence-electron chi connectivity index (χ1n) is 9.65. The summed E-state index contributed by atoms with van der Waals surface area (Å²) in [7, 11) is 1.78. The van der Waals surface area contributed by atoms with Gasteiger partial charge >= 0.3 is 6.03 Å². The van der Waals surface area contributed by atoms with E-state index >= 15 is 0 Å². The van der Waals surface area contributed by atoms with E-state index in [1.807, 2.05) is 72.4 Å². The van der Waals surface area contributed by atoms with E-state index < -0.39 is 0 Å². The summed E-state index contributed by atoms with van der Waals surface area (Å²) in [5.74, 6) is 0.767. The van der Waals surface area contributed by atoms with Crippen LogP contribution < -0.4 is 5.32 Å².